The van der Waals surface area contributed by atoms with Crippen molar-refractivity contribution in [3.63, 3.8) is 0 Å². The van der Waals surface area contributed by atoms with Gasteiger partial charge in [0.25, 0.3) is 0 Å². The zero-order valence-corrected chi connectivity index (χ0v) is 12.0. The average molecular weight is 253 g/mol. The number of hydrogen-bond donors (Lipinski definition) is 1. The van der Waals surface area contributed by atoms with Gasteiger partial charge >= 0.3 is 0 Å². The number of rotatable bonds is 5. The molecule has 0 aliphatic rings. The highest BCUT2D eigenvalue weighted by molar-refractivity contribution is 5.43. The van der Waals surface area contributed by atoms with Crippen molar-refractivity contribution in [3.05, 3.63) is 23.8 Å². The first kappa shape index (κ1) is 14.8. The minimum Gasteiger partial charge on any atom is -0.497 e. The second-order valence-electron chi connectivity index (χ2n) is 5.13. The maximum Gasteiger partial charge on any atom is 0.124 e. The van der Waals surface area contributed by atoms with Gasteiger partial charge in [0.15, 0.2) is 0 Å². The third kappa shape index (κ3) is 3.15. The predicted octanol–water partition coefficient (Wildman–Crippen LogP) is 2.08. The lowest BCUT2D eigenvalue weighted by Gasteiger charge is -2.35. The van der Waals surface area contributed by atoms with Gasteiger partial charge in [-0.3, -0.25) is 4.90 Å². The van der Waals surface area contributed by atoms with Crippen molar-refractivity contribution in [1.29, 1.82) is 0 Å². The van der Waals surface area contributed by atoms with Crippen LogP contribution < -0.4 is 9.47 Å². The maximum absolute atomic E-state index is 10.3. The van der Waals surface area contributed by atoms with E-state index in [-0.39, 0.29) is 6.04 Å². The molecule has 0 amide bonds. The highest BCUT2D eigenvalue weighted by Crippen LogP contribution is 2.37. The Morgan fingerprint density at radius 3 is 2.17 bits per heavy atom. The lowest BCUT2D eigenvalue weighted by atomic mass is 9.90. The predicted molar refractivity (Wildman–Crippen MR) is 72.3 cm³/mol. The molecule has 102 valence electrons. The van der Waals surface area contributed by atoms with Crippen molar-refractivity contribution in [2.24, 2.45) is 0 Å². The lowest BCUT2D eigenvalue weighted by Crippen LogP contribution is -2.38. The summed E-state index contributed by atoms with van der Waals surface area (Å²) in [5.74, 6) is 1.50. The third-order valence-electron chi connectivity index (χ3n) is 2.92. The number of aliphatic hydroxyl groups is 1. The van der Waals surface area contributed by atoms with Gasteiger partial charge in [-0.05, 0) is 46.1 Å². The van der Waals surface area contributed by atoms with Crippen LogP contribution in [0.4, 0.5) is 0 Å². The summed E-state index contributed by atoms with van der Waals surface area (Å²) in [5.41, 5.74) is 0.0257. The number of likely N-dealkylation sites (N-methyl/N-ethyl adjacent to an activating group) is 1. The van der Waals surface area contributed by atoms with Crippen LogP contribution in [0.5, 0.6) is 11.5 Å². The number of hydrogen-bond acceptors (Lipinski definition) is 4. The summed E-state index contributed by atoms with van der Waals surface area (Å²) < 4.78 is 10.6. The summed E-state index contributed by atoms with van der Waals surface area (Å²) in [6.45, 7) is 3.58. The standard InChI is InChI=1S/C14H23NO3/c1-14(2,16)13(15(3)4)11-9-10(17-5)7-8-12(11)18-6/h7-9,13,16H,1-6H3. The van der Waals surface area contributed by atoms with E-state index in [1.807, 2.05) is 37.2 Å². The summed E-state index contributed by atoms with van der Waals surface area (Å²) in [6.07, 6.45) is 0. The van der Waals surface area contributed by atoms with Gasteiger partial charge in [-0.15, -0.1) is 0 Å². The molecule has 0 radical (unpaired) electrons. The summed E-state index contributed by atoms with van der Waals surface area (Å²) in [5, 5.41) is 10.3. The highest BCUT2D eigenvalue weighted by Gasteiger charge is 2.32. The van der Waals surface area contributed by atoms with Gasteiger partial charge in [-0.2, -0.15) is 0 Å². The number of nitrogens with zero attached hydrogens (tertiary/aromatic N) is 1. The van der Waals surface area contributed by atoms with E-state index in [1.54, 1.807) is 28.1 Å². The van der Waals surface area contributed by atoms with Crippen molar-refractivity contribution in [2.45, 2.75) is 25.5 Å². The summed E-state index contributed by atoms with van der Waals surface area (Å²) in [4.78, 5) is 1.97. The van der Waals surface area contributed by atoms with Crippen LogP contribution in [0.25, 0.3) is 0 Å². The van der Waals surface area contributed by atoms with Gasteiger partial charge in [0.05, 0.1) is 25.9 Å². The zero-order valence-electron chi connectivity index (χ0n) is 12.0. The van der Waals surface area contributed by atoms with Gasteiger partial charge in [-0.1, -0.05) is 0 Å². The van der Waals surface area contributed by atoms with Crippen LogP contribution >= 0.6 is 0 Å². The SMILES string of the molecule is COc1ccc(OC)c(C(N(C)C)C(C)(C)O)c1. The third-order valence-corrected chi connectivity index (χ3v) is 2.92. The zero-order chi connectivity index (χ0) is 13.9. The Hall–Kier alpha value is -1.26. The molecule has 0 heterocycles. The summed E-state index contributed by atoms with van der Waals surface area (Å²) in [7, 11) is 7.12. The first-order chi connectivity index (χ1) is 8.31. The summed E-state index contributed by atoms with van der Waals surface area (Å²) >= 11 is 0. The molecule has 0 saturated heterocycles. The van der Waals surface area contributed by atoms with E-state index in [2.05, 4.69) is 0 Å². The molecule has 18 heavy (non-hydrogen) atoms. The van der Waals surface area contributed by atoms with Crippen LogP contribution in [0.2, 0.25) is 0 Å². The maximum atomic E-state index is 10.3. The molecule has 0 saturated carbocycles. The molecule has 1 N–H and O–H groups in total. The molecule has 0 bridgehead atoms. The van der Waals surface area contributed by atoms with Gasteiger partial charge in [0.2, 0.25) is 0 Å². The van der Waals surface area contributed by atoms with Gasteiger partial charge < -0.3 is 14.6 Å². The van der Waals surface area contributed by atoms with Crippen molar-refractivity contribution in [2.75, 3.05) is 28.3 Å². The minimum absolute atomic E-state index is 0.178. The molecule has 1 aromatic carbocycles. The molecule has 0 fully saturated rings. The molecule has 1 rings (SSSR count). The van der Waals surface area contributed by atoms with Gasteiger partial charge in [0.1, 0.15) is 11.5 Å². The molecule has 0 aliphatic heterocycles. The van der Waals surface area contributed by atoms with Crippen LogP contribution in [-0.4, -0.2) is 43.9 Å². The van der Waals surface area contributed by atoms with Crippen molar-refractivity contribution >= 4 is 0 Å². The number of methoxy groups -OCH3 is 2. The normalized spacial score (nSPS) is 13.6. The Kier molecular flexibility index (Phi) is 4.59. The Bertz CT molecular complexity index is 397. The molecule has 1 unspecified atom stereocenters. The fourth-order valence-corrected chi connectivity index (χ4v) is 2.34. The van der Waals surface area contributed by atoms with Crippen molar-refractivity contribution in [3.8, 4) is 11.5 Å². The Balaban J connectivity index is 3.34. The molecule has 0 aromatic heterocycles. The molecular weight excluding hydrogens is 230 g/mol. The molecule has 4 heteroatoms. The highest BCUT2D eigenvalue weighted by atomic mass is 16.5. The van der Waals surface area contributed by atoms with E-state index in [0.29, 0.717) is 0 Å². The summed E-state index contributed by atoms with van der Waals surface area (Å²) in [6, 6.07) is 5.43. The van der Waals surface area contributed by atoms with Crippen LogP contribution in [0.3, 0.4) is 0 Å². The lowest BCUT2D eigenvalue weighted by molar-refractivity contribution is -0.00415. The first-order valence-electron chi connectivity index (χ1n) is 5.92. The van der Waals surface area contributed by atoms with E-state index in [4.69, 9.17) is 9.47 Å². The Morgan fingerprint density at radius 1 is 1.17 bits per heavy atom. The van der Waals surface area contributed by atoms with Crippen LogP contribution in [0, 0.1) is 0 Å². The topological polar surface area (TPSA) is 41.9 Å². The molecular formula is C14H23NO3. The average Bonchev–Trinajstić information content (AvgIpc) is 2.26. The van der Waals surface area contributed by atoms with E-state index < -0.39 is 5.60 Å². The molecule has 1 aromatic rings. The molecule has 0 aliphatic carbocycles. The van der Waals surface area contributed by atoms with Crippen LogP contribution in [0.15, 0.2) is 18.2 Å². The van der Waals surface area contributed by atoms with Gasteiger partial charge in [-0.25, -0.2) is 0 Å². The van der Waals surface area contributed by atoms with Crippen molar-refractivity contribution < 1.29 is 14.6 Å². The molecule has 0 spiro atoms. The smallest absolute Gasteiger partial charge is 0.124 e. The fourth-order valence-electron chi connectivity index (χ4n) is 2.34. The van der Waals surface area contributed by atoms with Crippen LogP contribution in [0.1, 0.15) is 25.5 Å². The largest absolute Gasteiger partial charge is 0.497 e. The monoisotopic (exact) mass is 253 g/mol. The Labute approximate surface area is 109 Å². The van der Waals surface area contributed by atoms with E-state index in [1.165, 1.54) is 0 Å². The number of benzene rings is 1. The van der Waals surface area contributed by atoms with E-state index in [0.717, 1.165) is 17.1 Å². The fraction of sp³-hybridized carbons (Fsp3) is 0.571. The van der Waals surface area contributed by atoms with E-state index in [9.17, 15) is 5.11 Å². The second-order valence-corrected chi connectivity index (χ2v) is 5.13. The van der Waals surface area contributed by atoms with Crippen LogP contribution in [-0.2, 0) is 0 Å². The molecule has 4 nitrogen and oxygen atoms in total. The number of ether oxygens (including phenoxy) is 2. The van der Waals surface area contributed by atoms with E-state index >= 15 is 0 Å². The van der Waals surface area contributed by atoms with Crippen molar-refractivity contribution in [1.82, 2.24) is 4.90 Å². The van der Waals surface area contributed by atoms with Gasteiger partial charge in [0, 0.05) is 5.56 Å². The Morgan fingerprint density at radius 2 is 1.78 bits per heavy atom. The second kappa shape index (κ2) is 5.59. The quantitative estimate of drug-likeness (QED) is 0.872. The molecule has 1 atom stereocenters. The minimum atomic E-state index is -0.886. The first-order valence-corrected chi connectivity index (χ1v) is 5.92.